The molecular formula is C10H18O. The molecular weight excluding hydrogens is 136 g/mol. The largest absolute Gasteiger partial charge is 0.390 e. The molecule has 0 bridgehead atoms. The molecule has 1 aliphatic carbocycles. The molecule has 0 aromatic rings. The highest BCUT2D eigenvalue weighted by Crippen LogP contribution is 2.34. The maximum Gasteiger partial charge on any atom is 0.0684 e. The van der Waals surface area contributed by atoms with Gasteiger partial charge in [-0.15, -0.1) is 6.58 Å². The summed E-state index contributed by atoms with van der Waals surface area (Å²) in [4.78, 5) is 0. The van der Waals surface area contributed by atoms with Crippen LogP contribution in [0.5, 0.6) is 0 Å². The van der Waals surface area contributed by atoms with Crippen molar-refractivity contribution in [1.29, 1.82) is 0 Å². The van der Waals surface area contributed by atoms with Gasteiger partial charge in [-0.1, -0.05) is 25.8 Å². The predicted molar refractivity (Wildman–Crippen MR) is 47.4 cm³/mol. The average molecular weight is 154 g/mol. The van der Waals surface area contributed by atoms with E-state index >= 15 is 0 Å². The topological polar surface area (TPSA) is 20.2 Å². The lowest BCUT2D eigenvalue weighted by atomic mass is 9.77. The summed E-state index contributed by atoms with van der Waals surface area (Å²) < 4.78 is 0. The molecule has 1 fully saturated rings. The molecule has 0 radical (unpaired) electrons. The first-order valence-corrected chi connectivity index (χ1v) is 4.49. The van der Waals surface area contributed by atoms with Crippen LogP contribution in [0.3, 0.4) is 0 Å². The minimum Gasteiger partial charge on any atom is -0.390 e. The molecule has 0 saturated heterocycles. The highest BCUT2D eigenvalue weighted by atomic mass is 16.3. The Morgan fingerprint density at radius 3 is 3.00 bits per heavy atom. The lowest BCUT2D eigenvalue weighted by molar-refractivity contribution is -0.00996. The van der Waals surface area contributed by atoms with E-state index in [1.165, 1.54) is 12.8 Å². The second-order valence-electron chi connectivity index (χ2n) is 3.92. The number of hydrogen-bond donors (Lipinski definition) is 1. The van der Waals surface area contributed by atoms with Crippen LogP contribution in [0.25, 0.3) is 0 Å². The van der Waals surface area contributed by atoms with E-state index in [0.717, 1.165) is 19.3 Å². The zero-order valence-electron chi connectivity index (χ0n) is 7.34. The summed E-state index contributed by atoms with van der Waals surface area (Å²) in [6, 6.07) is 0. The molecule has 1 saturated carbocycles. The van der Waals surface area contributed by atoms with Gasteiger partial charge in [-0.2, -0.15) is 0 Å². The summed E-state index contributed by atoms with van der Waals surface area (Å²) in [6.45, 7) is 5.88. The molecule has 0 aromatic heterocycles. The van der Waals surface area contributed by atoms with Crippen molar-refractivity contribution in [3.05, 3.63) is 12.7 Å². The molecule has 0 spiro atoms. The SMILES string of the molecule is C=CCC1(O)CCCC(C)C1. The van der Waals surface area contributed by atoms with Crippen molar-refractivity contribution in [3.8, 4) is 0 Å². The third kappa shape index (κ3) is 2.33. The van der Waals surface area contributed by atoms with Crippen LogP contribution >= 0.6 is 0 Å². The van der Waals surface area contributed by atoms with Crippen molar-refractivity contribution >= 4 is 0 Å². The van der Waals surface area contributed by atoms with Gasteiger partial charge in [0.25, 0.3) is 0 Å². The zero-order valence-corrected chi connectivity index (χ0v) is 7.34. The summed E-state index contributed by atoms with van der Waals surface area (Å²) in [6.07, 6.45) is 6.96. The smallest absolute Gasteiger partial charge is 0.0684 e. The van der Waals surface area contributed by atoms with Crippen LogP contribution in [0.4, 0.5) is 0 Å². The molecule has 1 heteroatoms. The summed E-state index contributed by atoms with van der Waals surface area (Å²) in [5.41, 5.74) is -0.417. The Hall–Kier alpha value is -0.300. The molecule has 1 aliphatic rings. The summed E-state index contributed by atoms with van der Waals surface area (Å²) in [5.74, 6) is 0.689. The molecule has 2 atom stereocenters. The maximum absolute atomic E-state index is 9.97. The van der Waals surface area contributed by atoms with Gasteiger partial charge in [-0.3, -0.25) is 0 Å². The van der Waals surface area contributed by atoms with Crippen LogP contribution in [0.2, 0.25) is 0 Å². The third-order valence-electron chi connectivity index (χ3n) is 2.59. The van der Waals surface area contributed by atoms with Gasteiger partial charge in [0.1, 0.15) is 0 Å². The molecule has 1 N–H and O–H groups in total. The fourth-order valence-electron chi connectivity index (χ4n) is 2.09. The van der Waals surface area contributed by atoms with Gasteiger partial charge in [-0.05, 0) is 25.2 Å². The quantitative estimate of drug-likeness (QED) is 0.606. The van der Waals surface area contributed by atoms with Gasteiger partial charge in [0.05, 0.1) is 5.60 Å². The van der Waals surface area contributed by atoms with Crippen LogP contribution in [0.15, 0.2) is 12.7 Å². The first kappa shape index (κ1) is 8.79. The number of rotatable bonds is 2. The van der Waals surface area contributed by atoms with Crippen molar-refractivity contribution in [1.82, 2.24) is 0 Å². The molecule has 11 heavy (non-hydrogen) atoms. The van der Waals surface area contributed by atoms with E-state index < -0.39 is 5.60 Å². The summed E-state index contributed by atoms with van der Waals surface area (Å²) in [7, 11) is 0. The summed E-state index contributed by atoms with van der Waals surface area (Å²) in [5, 5.41) is 9.97. The minimum atomic E-state index is -0.417. The maximum atomic E-state index is 9.97. The zero-order chi connectivity index (χ0) is 8.32. The van der Waals surface area contributed by atoms with Gasteiger partial charge in [-0.25, -0.2) is 0 Å². The average Bonchev–Trinajstić information content (AvgIpc) is 1.86. The Bertz CT molecular complexity index is 142. The highest BCUT2D eigenvalue weighted by Gasteiger charge is 2.30. The van der Waals surface area contributed by atoms with Crippen LogP contribution in [0.1, 0.15) is 39.0 Å². The van der Waals surface area contributed by atoms with Crippen molar-refractivity contribution in [2.45, 2.75) is 44.6 Å². The van der Waals surface area contributed by atoms with E-state index in [-0.39, 0.29) is 0 Å². The monoisotopic (exact) mass is 154 g/mol. The second kappa shape index (κ2) is 3.40. The van der Waals surface area contributed by atoms with Gasteiger partial charge < -0.3 is 5.11 Å². The van der Waals surface area contributed by atoms with E-state index in [1.807, 2.05) is 6.08 Å². The van der Waals surface area contributed by atoms with Crippen molar-refractivity contribution < 1.29 is 5.11 Å². The van der Waals surface area contributed by atoms with Gasteiger partial charge in [0.15, 0.2) is 0 Å². The summed E-state index contributed by atoms with van der Waals surface area (Å²) >= 11 is 0. The minimum absolute atomic E-state index is 0.417. The Labute approximate surface area is 69.1 Å². The van der Waals surface area contributed by atoms with E-state index in [0.29, 0.717) is 5.92 Å². The van der Waals surface area contributed by atoms with Crippen LogP contribution in [-0.2, 0) is 0 Å². The molecule has 0 amide bonds. The molecule has 0 aromatic carbocycles. The second-order valence-corrected chi connectivity index (χ2v) is 3.92. The molecule has 1 rings (SSSR count). The van der Waals surface area contributed by atoms with Gasteiger partial charge >= 0.3 is 0 Å². The number of aliphatic hydroxyl groups is 1. The van der Waals surface area contributed by atoms with Gasteiger partial charge in [0, 0.05) is 0 Å². The van der Waals surface area contributed by atoms with Crippen molar-refractivity contribution in [2.24, 2.45) is 5.92 Å². The van der Waals surface area contributed by atoms with Crippen molar-refractivity contribution in [2.75, 3.05) is 0 Å². The van der Waals surface area contributed by atoms with E-state index in [1.54, 1.807) is 0 Å². The Kier molecular flexibility index (Phi) is 2.72. The standard InChI is InChI=1S/C10H18O/c1-3-6-10(11)7-4-5-9(2)8-10/h3,9,11H,1,4-8H2,2H3. The normalized spacial score (nSPS) is 38.5. The Morgan fingerprint density at radius 2 is 2.45 bits per heavy atom. The predicted octanol–water partition coefficient (Wildman–Crippen LogP) is 2.50. The van der Waals surface area contributed by atoms with Crippen LogP contribution < -0.4 is 0 Å². The van der Waals surface area contributed by atoms with E-state index in [9.17, 15) is 5.11 Å². The first-order chi connectivity index (χ1) is 5.16. The van der Waals surface area contributed by atoms with E-state index in [2.05, 4.69) is 13.5 Å². The fourth-order valence-corrected chi connectivity index (χ4v) is 2.09. The lowest BCUT2D eigenvalue weighted by Gasteiger charge is -2.34. The molecule has 2 unspecified atom stereocenters. The molecule has 0 aliphatic heterocycles. The molecule has 1 nitrogen and oxygen atoms in total. The highest BCUT2D eigenvalue weighted by molar-refractivity contribution is 4.90. The van der Waals surface area contributed by atoms with Crippen LogP contribution in [0, 0.1) is 5.92 Å². The van der Waals surface area contributed by atoms with E-state index in [4.69, 9.17) is 0 Å². The lowest BCUT2D eigenvalue weighted by Crippen LogP contribution is -2.33. The van der Waals surface area contributed by atoms with Gasteiger partial charge in [0.2, 0.25) is 0 Å². The Balaban J connectivity index is 2.47. The number of hydrogen-bond acceptors (Lipinski definition) is 1. The fraction of sp³-hybridized carbons (Fsp3) is 0.800. The first-order valence-electron chi connectivity index (χ1n) is 4.49. The third-order valence-corrected chi connectivity index (χ3v) is 2.59. The van der Waals surface area contributed by atoms with Crippen LogP contribution in [-0.4, -0.2) is 10.7 Å². The molecule has 64 valence electrons. The molecule has 0 heterocycles. The Morgan fingerprint density at radius 1 is 1.73 bits per heavy atom. The van der Waals surface area contributed by atoms with Crippen molar-refractivity contribution in [3.63, 3.8) is 0 Å².